The van der Waals surface area contributed by atoms with Crippen LogP contribution in [0.4, 0.5) is 5.69 Å². The number of fused-ring (bicyclic) bond motifs is 5. The summed E-state index contributed by atoms with van der Waals surface area (Å²) in [6.07, 6.45) is 3.31. The molecule has 1 aromatic rings. The Kier molecular flexibility index (Phi) is 3.15. The van der Waals surface area contributed by atoms with Crippen LogP contribution >= 0.6 is 0 Å². The van der Waals surface area contributed by atoms with Crippen LogP contribution in [-0.2, 0) is 19.1 Å². The highest BCUT2D eigenvalue weighted by Crippen LogP contribution is 2.52. The van der Waals surface area contributed by atoms with E-state index in [4.69, 9.17) is 9.47 Å². The first-order valence-electron chi connectivity index (χ1n) is 7.99. The minimum absolute atomic E-state index is 0.215. The number of carbonyl (C=O) groups is 3. The number of amides is 2. The van der Waals surface area contributed by atoms with Gasteiger partial charge in [0.05, 0.1) is 41.4 Å². The molecule has 0 N–H and O–H groups in total. The van der Waals surface area contributed by atoms with Crippen LogP contribution < -0.4 is 4.90 Å². The zero-order valence-electron chi connectivity index (χ0n) is 13.4. The Morgan fingerprint density at radius 3 is 2.75 bits per heavy atom. The summed E-state index contributed by atoms with van der Waals surface area (Å²) < 4.78 is 10.8. The van der Waals surface area contributed by atoms with Crippen molar-refractivity contribution in [2.24, 2.45) is 11.8 Å². The Balaban J connectivity index is 1.76. The molecule has 3 heterocycles. The van der Waals surface area contributed by atoms with Crippen molar-refractivity contribution >= 4 is 23.5 Å². The van der Waals surface area contributed by atoms with E-state index < -0.39 is 23.4 Å². The lowest BCUT2D eigenvalue weighted by Crippen LogP contribution is -2.39. The second kappa shape index (κ2) is 5.01. The second-order valence-corrected chi connectivity index (χ2v) is 6.38. The minimum atomic E-state index is -0.754. The number of imide groups is 1. The number of para-hydroxylation sites is 1. The molecule has 24 heavy (non-hydrogen) atoms. The summed E-state index contributed by atoms with van der Waals surface area (Å²) in [6.45, 7) is 3.75. The molecule has 2 saturated heterocycles. The van der Waals surface area contributed by atoms with E-state index in [-0.39, 0.29) is 35.8 Å². The summed E-state index contributed by atoms with van der Waals surface area (Å²) in [5, 5.41) is 0. The van der Waals surface area contributed by atoms with Crippen LogP contribution in [0.5, 0.6) is 0 Å². The fourth-order valence-corrected chi connectivity index (χ4v) is 3.94. The van der Waals surface area contributed by atoms with E-state index in [0.29, 0.717) is 0 Å². The topological polar surface area (TPSA) is 72.9 Å². The largest absolute Gasteiger partial charge is 0.462 e. The quantitative estimate of drug-likeness (QED) is 0.480. The Morgan fingerprint density at radius 1 is 1.29 bits per heavy atom. The van der Waals surface area contributed by atoms with Gasteiger partial charge in [0.2, 0.25) is 11.8 Å². The van der Waals surface area contributed by atoms with Gasteiger partial charge >= 0.3 is 5.97 Å². The third-order valence-corrected chi connectivity index (χ3v) is 4.97. The van der Waals surface area contributed by atoms with Gasteiger partial charge in [-0.25, -0.2) is 9.69 Å². The van der Waals surface area contributed by atoms with Crippen molar-refractivity contribution in [2.45, 2.75) is 25.6 Å². The van der Waals surface area contributed by atoms with Crippen LogP contribution in [0.15, 0.2) is 36.4 Å². The highest BCUT2D eigenvalue weighted by molar-refractivity contribution is 6.25. The summed E-state index contributed by atoms with van der Waals surface area (Å²) >= 11 is 0. The summed E-state index contributed by atoms with van der Waals surface area (Å²) in [6, 6.07) is 6.53. The third-order valence-electron chi connectivity index (χ3n) is 4.97. The molecule has 6 heteroatoms. The maximum Gasteiger partial charge on any atom is 0.340 e. The smallest absolute Gasteiger partial charge is 0.340 e. The van der Waals surface area contributed by atoms with Crippen LogP contribution in [0.2, 0.25) is 0 Å². The van der Waals surface area contributed by atoms with Gasteiger partial charge in [0.25, 0.3) is 0 Å². The van der Waals surface area contributed by atoms with Crippen molar-refractivity contribution in [3.8, 4) is 0 Å². The molecule has 0 unspecified atom stereocenters. The van der Waals surface area contributed by atoms with E-state index >= 15 is 0 Å². The lowest BCUT2D eigenvalue weighted by Gasteiger charge is -2.24. The van der Waals surface area contributed by atoms with Crippen LogP contribution in [0.25, 0.3) is 0 Å². The number of hydrogen-bond acceptors (Lipinski definition) is 5. The van der Waals surface area contributed by atoms with Gasteiger partial charge in [-0.1, -0.05) is 24.3 Å². The molecule has 3 aliphatic rings. The highest BCUT2D eigenvalue weighted by atomic mass is 16.5. The zero-order valence-corrected chi connectivity index (χ0v) is 13.4. The maximum atomic E-state index is 13.0. The molecule has 0 aromatic heterocycles. The monoisotopic (exact) mass is 327 g/mol. The van der Waals surface area contributed by atoms with Crippen molar-refractivity contribution in [2.75, 3.05) is 11.5 Å². The lowest BCUT2D eigenvalue weighted by atomic mass is 9.78. The first-order valence-corrected chi connectivity index (χ1v) is 7.99. The Morgan fingerprint density at radius 2 is 2.04 bits per heavy atom. The molecule has 4 rings (SSSR count). The molecule has 2 bridgehead atoms. The van der Waals surface area contributed by atoms with Gasteiger partial charge in [0.15, 0.2) is 0 Å². The third kappa shape index (κ3) is 1.83. The van der Waals surface area contributed by atoms with Crippen molar-refractivity contribution in [1.29, 1.82) is 0 Å². The maximum absolute atomic E-state index is 13.0. The van der Waals surface area contributed by atoms with Crippen molar-refractivity contribution in [3.63, 3.8) is 0 Å². The molecule has 0 aliphatic carbocycles. The molecule has 4 atom stereocenters. The van der Waals surface area contributed by atoms with Gasteiger partial charge in [-0.3, -0.25) is 9.59 Å². The summed E-state index contributed by atoms with van der Waals surface area (Å²) in [4.78, 5) is 39.2. The van der Waals surface area contributed by atoms with Gasteiger partial charge in [-0.2, -0.15) is 0 Å². The van der Waals surface area contributed by atoms with E-state index in [2.05, 4.69) is 0 Å². The van der Waals surface area contributed by atoms with Gasteiger partial charge in [-0.05, 0) is 26.0 Å². The van der Waals surface area contributed by atoms with Gasteiger partial charge < -0.3 is 9.47 Å². The molecule has 124 valence electrons. The van der Waals surface area contributed by atoms with Gasteiger partial charge in [0, 0.05) is 0 Å². The second-order valence-electron chi connectivity index (χ2n) is 6.38. The fourth-order valence-electron chi connectivity index (χ4n) is 3.94. The first kappa shape index (κ1) is 15.1. The highest BCUT2D eigenvalue weighted by Gasteiger charge is 2.66. The average Bonchev–Trinajstić information content (AvgIpc) is 3.17. The number of hydrogen-bond donors (Lipinski definition) is 0. The average molecular weight is 327 g/mol. The summed E-state index contributed by atoms with van der Waals surface area (Å²) in [5.74, 6) is -2.26. The number of rotatable bonds is 3. The van der Waals surface area contributed by atoms with Crippen LogP contribution in [0.1, 0.15) is 24.2 Å². The summed E-state index contributed by atoms with van der Waals surface area (Å²) in [5.41, 5.74) is -0.258. The minimum Gasteiger partial charge on any atom is -0.462 e. The molecule has 2 amide bonds. The number of carbonyl (C=O) groups excluding carboxylic acids is 3. The molecule has 0 radical (unpaired) electrons. The Hall–Kier alpha value is -2.47. The van der Waals surface area contributed by atoms with Crippen LogP contribution in [0.3, 0.4) is 0 Å². The van der Waals surface area contributed by atoms with Crippen LogP contribution in [0, 0.1) is 11.8 Å². The Bertz CT molecular complexity index is 785. The molecule has 0 saturated carbocycles. The van der Waals surface area contributed by atoms with Gasteiger partial charge in [-0.15, -0.1) is 0 Å². The lowest BCUT2D eigenvalue weighted by molar-refractivity contribution is -0.126. The molecular formula is C18H17NO5. The number of nitrogens with zero attached hydrogens (tertiary/aromatic N) is 1. The molecule has 2 fully saturated rings. The number of esters is 1. The summed E-state index contributed by atoms with van der Waals surface area (Å²) in [7, 11) is 0. The van der Waals surface area contributed by atoms with Crippen LogP contribution in [-0.4, -0.2) is 36.1 Å². The predicted octanol–water partition coefficient (Wildman–Crippen LogP) is 1.70. The first-order chi connectivity index (χ1) is 11.5. The van der Waals surface area contributed by atoms with Crippen molar-refractivity contribution < 1.29 is 23.9 Å². The SMILES string of the molecule is CCOC(=O)c1ccccc1N1C(=O)[C@H]2[C@@H](C1=O)[C@@]1(C)C=C[C@H]2O1. The normalized spacial score (nSPS) is 33.2. The van der Waals surface area contributed by atoms with E-state index in [0.717, 1.165) is 4.90 Å². The number of benzene rings is 1. The number of anilines is 1. The van der Waals surface area contributed by atoms with E-state index in [1.165, 1.54) is 0 Å². The van der Waals surface area contributed by atoms with Gasteiger partial charge in [0.1, 0.15) is 0 Å². The molecule has 3 aliphatic heterocycles. The molecule has 0 spiro atoms. The molecule has 6 nitrogen and oxygen atoms in total. The fraction of sp³-hybridized carbons (Fsp3) is 0.389. The van der Waals surface area contributed by atoms with Crippen molar-refractivity contribution in [1.82, 2.24) is 0 Å². The zero-order chi connectivity index (χ0) is 17.1. The molecule has 1 aromatic carbocycles. The number of ether oxygens (including phenoxy) is 2. The van der Waals surface area contributed by atoms with E-state index in [1.54, 1.807) is 31.2 Å². The predicted molar refractivity (Wildman–Crippen MR) is 84.3 cm³/mol. The standard InChI is InChI=1S/C18H17NO5/c1-3-23-17(22)10-6-4-5-7-11(10)19-15(20)13-12-8-9-18(2,24-12)14(13)16(19)21/h4-9,12-14H,3H2,1-2H3/t12-,13-,14+,18-/m1/s1. The molecular weight excluding hydrogens is 310 g/mol. The van der Waals surface area contributed by atoms with E-state index in [1.807, 2.05) is 19.1 Å². The Labute approximate surface area is 139 Å². The van der Waals surface area contributed by atoms with Crippen molar-refractivity contribution in [3.05, 3.63) is 42.0 Å². The van der Waals surface area contributed by atoms with E-state index in [9.17, 15) is 14.4 Å².